The lowest BCUT2D eigenvalue weighted by Crippen LogP contribution is -2.43. The maximum Gasteiger partial charge on any atom is 0.257 e. The third kappa shape index (κ3) is 2.29. The monoisotopic (exact) mass is 270 g/mol. The largest absolute Gasteiger partial charge is 0.369 e. The number of nitrogens with zero attached hydrogens (tertiary/aromatic N) is 3. The lowest BCUT2D eigenvalue weighted by atomic mass is 10.2. The Kier molecular flexibility index (Phi) is 2.92. The van der Waals surface area contributed by atoms with Crippen molar-refractivity contribution in [2.24, 2.45) is 0 Å². The molecule has 2 fully saturated rings. The predicted octanol–water partition coefficient (Wildman–Crippen LogP) is 2.02. The average Bonchev–Trinajstić information content (AvgIpc) is 3.26. The van der Waals surface area contributed by atoms with Crippen molar-refractivity contribution < 1.29 is 4.52 Å². The maximum atomic E-state index is 5.35. The standard InChI is InChI=1S/C15H18N4O/c1-2-11(1)14-17-15(20-18-14)12-3-5-13(6-4-12)19-9-7-16-8-10-19/h3-6,11,16H,1-2,7-10H2. The van der Waals surface area contributed by atoms with Crippen LogP contribution in [-0.2, 0) is 0 Å². The van der Waals surface area contributed by atoms with Gasteiger partial charge in [-0.15, -0.1) is 0 Å². The van der Waals surface area contributed by atoms with Gasteiger partial charge in [0.2, 0.25) is 0 Å². The first kappa shape index (κ1) is 11.9. The minimum absolute atomic E-state index is 0.535. The number of nitrogens with one attached hydrogen (secondary N) is 1. The molecule has 1 aromatic carbocycles. The molecular formula is C15H18N4O. The van der Waals surface area contributed by atoms with E-state index in [0.717, 1.165) is 37.6 Å². The molecule has 0 spiro atoms. The first-order chi connectivity index (χ1) is 9.90. The van der Waals surface area contributed by atoms with Crippen molar-refractivity contribution in [1.82, 2.24) is 15.5 Å². The zero-order chi connectivity index (χ0) is 13.4. The highest BCUT2D eigenvalue weighted by molar-refractivity contribution is 5.59. The van der Waals surface area contributed by atoms with Gasteiger partial charge >= 0.3 is 0 Å². The summed E-state index contributed by atoms with van der Waals surface area (Å²) in [6, 6.07) is 8.42. The SMILES string of the molecule is c1cc(N2CCNCC2)ccc1-c1nc(C2CC2)no1. The first-order valence-electron chi connectivity index (χ1n) is 7.30. The predicted molar refractivity (Wildman–Crippen MR) is 76.8 cm³/mol. The molecule has 1 aliphatic carbocycles. The van der Waals surface area contributed by atoms with E-state index < -0.39 is 0 Å². The van der Waals surface area contributed by atoms with Crippen molar-refractivity contribution in [2.75, 3.05) is 31.1 Å². The van der Waals surface area contributed by atoms with Crippen LogP contribution in [0.25, 0.3) is 11.5 Å². The van der Waals surface area contributed by atoms with Crippen LogP contribution in [0.15, 0.2) is 28.8 Å². The Bertz CT molecular complexity index is 582. The molecule has 1 saturated heterocycles. The lowest BCUT2D eigenvalue weighted by molar-refractivity contribution is 0.422. The summed E-state index contributed by atoms with van der Waals surface area (Å²) in [7, 11) is 0. The van der Waals surface area contributed by atoms with Gasteiger partial charge in [-0.05, 0) is 37.1 Å². The van der Waals surface area contributed by atoms with Crippen molar-refractivity contribution in [3.63, 3.8) is 0 Å². The van der Waals surface area contributed by atoms with Crippen molar-refractivity contribution in [1.29, 1.82) is 0 Å². The third-order valence-electron chi connectivity index (χ3n) is 3.98. The van der Waals surface area contributed by atoms with Gasteiger partial charge in [-0.2, -0.15) is 4.98 Å². The van der Waals surface area contributed by atoms with Crippen LogP contribution >= 0.6 is 0 Å². The number of piperazine rings is 1. The van der Waals surface area contributed by atoms with Gasteiger partial charge < -0.3 is 14.7 Å². The van der Waals surface area contributed by atoms with E-state index in [1.165, 1.54) is 18.5 Å². The van der Waals surface area contributed by atoms with Crippen LogP contribution in [0, 0.1) is 0 Å². The molecule has 5 heteroatoms. The number of aromatic nitrogens is 2. The number of rotatable bonds is 3. The molecule has 0 amide bonds. The van der Waals surface area contributed by atoms with E-state index in [1.807, 2.05) is 0 Å². The topological polar surface area (TPSA) is 54.2 Å². The summed E-state index contributed by atoms with van der Waals surface area (Å²) in [4.78, 5) is 6.88. The molecule has 4 rings (SSSR count). The highest BCUT2D eigenvalue weighted by Crippen LogP contribution is 2.38. The van der Waals surface area contributed by atoms with Gasteiger partial charge in [-0.3, -0.25) is 0 Å². The molecule has 0 atom stereocenters. The van der Waals surface area contributed by atoms with Gasteiger partial charge in [0, 0.05) is 43.3 Å². The molecule has 0 bridgehead atoms. The molecule has 20 heavy (non-hydrogen) atoms. The zero-order valence-corrected chi connectivity index (χ0v) is 11.4. The van der Waals surface area contributed by atoms with E-state index in [2.05, 4.69) is 44.6 Å². The molecule has 0 unspecified atom stereocenters. The van der Waals surface area contributed by atoms with Crippen LogP contribution in [-0.4, -0.2) is 36.3 Å². The molecule has 1 aromatic heterocycles. The second-order valence-electron chi connectivity index (χ2n) is 5.52. The van der Waals surface area contributed by atoms with Crippen LogP contribution in [0.2, 0.25) is 0 Å². The Morgan fingerprint density at radius 1 is 1.10 bits per heavy atom. The summed E-state index contributed by atoms with van der Waals surface area (Å²) in [6.07, 6.45) is 2.39. The van der Waals surface area contributed by atoms with Crippen LogP contribution in [0.1, 0.15) is 24.6 Å². The Labute approximate surface area is 118 Å². The lowest BCUT2D eigenvalue weighted by Gasteiger charge is -2.29. The minimum Gasteiger partial charge on any atom is -0.369 e. The Morgan fingerprint density at radius 2 is 1.85 bits per heavy atom. The first-order valence-corrected chi connectivity index (χ1v) is 7.30. The molecule has 2 aromatic rings. The Balaban J connectivity index is 1.53. The van der Waals surface area contributed by atoms with Crippen molar-refractivity contribution >= 4 is 5.69 Å². The number of anilines is 1. The van der Waals surface area contributed by atoms with Gasteiger partial charge in [0.05, 0.1) is 0 Å². The van der Waals surface area contributed by atoms with Gasteiger partial charge in [0.15, 0.2) is 5.82 Å². The van der Waals surface area contributed by atoms with Crippen molar-refractivity contribution in [3.05, 3.63) is 30.1 Å². The summed E-state index contributed by atoms with van der Waals surface area (Å²) in [6.45, 7) is 4.23. The van der Waals surface area contributed by atoms with E-state index in [4.69, 9.17) is 4.52 Å². The molecule has 2 heterocycles. The van der Waals surface area contributed by atoms with Gasteiger partial charge in [0.25, 0.3) is 5.89 Å². The van der Waals surface area contributed by atoms with Gasteiger partial charge in [0.1, 0.15) is 0 Å². The zero-order valence-electron chi connectivity index (χ0n) is 11.4. The molecule has 5 nitrogen and oxygen atoms in total. The summed E-state index contributed by atoms with van der Waals surface area (Å²) >= 11 is 0. The summed E-state index contributed by atoms with van der Waals surface area (Å²) in [5.41, 5.74) is 2.26. The fourth-order valence-electron chi connectivity index (χ4n) is 2.60. The van der Waals surface area contributed by atoms with E-state index >= 15 is 0 Å². The molecular weight excluding hydrogens is 252 g/mol. The molecule has 1 aliphatic heterocycles. The third-order valence-corrected chi connectivity index (χ3v) is 3.98. The fourth-order valence-corrected chi connectivity index (χ4v) is 2.60. The molecule has 1 saturated carbocycles. The number of hydrogen-bond acceptors (Lipinski definition) is 5. The second-order valence-corrected chi connectivity index (χ2v) is 5.52. The maximum absolute atomic E-state index is 5.35. The van der Waals surface area contributed by atoms with E-state index in [0.29, 0.717) is 11.8 Å². The Hall–Kier alpha value is -1.88. The Morgan fingerprint density at radius 3 is 2.55 bits per heavy atom. The van der Waals surface area contributed by atoms with Gasteiger partial charge in [-0.25, -0.2) is 0 Å². The van der Waals surface area contributed by atoms with Crippen LogP contribution in [0.5, 0.6) is 0 Å². The molecule has 0 radical (unpaired) electrons. The average molecular weight is 270 g/mol. The molecule has 104 valence electrons. The summed E-state index contributed by atoms with van der Waals surface area (Å²) < 4.78 is 5.35. The smallest absolute Gasteiger partial charge is 0.257 e. The molecule has 2 aliphatic rings. The summed E-state index contributed by atoms with van der Waals surface area (Å²) in [5.74, 6) is 2.04. The summed E-state index contributed by atoms with van der Waals surface area (Å²) in [5, 5.41) is 7.43. The number of hydrogen-bond donors (Lipinski definition) is 1. The highest BCUT2D eigenvalue weighted by atomic mass is 16.5. The van der Waals surface area contributed by atoms with Crippen LogP contribution in [0.4, 0.5) is 5.69 Å². The highest BCUT2D eigenvalue weighted by Gasteiger charge is 2.28. The van der Waals surface area contributed by atoms with E-state index in [-0.39, 0.29) is 0 Å². The molecule has 1 N–H and O–H groups in total. The normalized spacial score (nSPS) is 19.3. The minimum atomic E-state index is 0.535. The quantitative estimate of drug-likeness (QED) is 0.924. The van der Waals surface area contributed by atoms with Crippen LogP contribution < -0.4 is 10.2 Å². The van der Waals surface area contributed by atoms with Crippen molar-refractivity contribution in [2.45, 2.75) is 18.8 Å². The van der Waals surface area contributed by atoms with E-state index in [1.54, 1.807) is 0 Å². The van der Waals surface area contributed by atoms with Gasteiger partial charge in [-0.1, -0.05) is 5.16 Å². The van der Waals surface area contributed by atoms with Crippen LogP contribution in [0.3, 0.4) is 0 Å². The van der Waals surface area contributed by atoms with Crippen molar-refractivity contribution in [3.8, 4) is 11.5 Å². The number of benzene rings is 1. The fraction of sp³-hybridized carbons (Fsp3) is 0.467. The second kappa shape index (κ2) is 4.90. The van der Waals surface area contributed by atoms with E-state index in [9.17, 15) is 0 Å².